The second kappa shape index (κ2) is 6.54. The maximum atomic E-state index is 12.8. The molecule has 1 aliphatic rings. The fraction of sp³-hybridized carbons (Fsp3) is 0.235. The molecular formula is C17H15F3N2O3. The summed E-state index contributed by atoms with van der Waals surface area (Å²) in [6, 6.07) is 8.62. The Balaban J connectivity index is 1.65. The van der Waals surface area contributed by atoms with Crippen LogP contribution in [0.3, 0.4) is 0 Å². The Bertz CT molecular complexity index is 793. The van der Waals surface area contributed by atoms with Crippen molar-refractivity contribution in [3.8, 4) is 11.5 Å². The molecule has 1 unspecified atom stereocenters. The molecule has 3 rings (SSSR count). The van der Waals surface area contributed by atoms with Gasteiger partial charge in [0.05, 0.1) is 11.6 Å². The third-order valence-corrected chi connectivity index (χ3v) is 3.69. The van der Waals surface area contributed by atoms with Crippen LogP contribution in [0.15, 0.2) is 42.5 Å². The van der Waals surface area contributed by atoms with E-state index in [1.807, 2.05) is 0 Å². The van der Waals surface area contributed by atoms with Gasteiger partial charge in [-0.3, -0.25) is 0 Å². The quantitative estimate of drug-likeness (QED) is 0.865. The number of anilines is 1. The van der Waals surface area contributed by atoms with Crippen molar-refractivity contribution in [2.24, 2.45) is 0 Å². The fourth-order valence-corrected chi connectivity index (χ4v) is 2.41. The number of carbonyl (C=O) groups excluding carboxylic acids is 1. The summed E-state index contributed by atoms with van der Waals surface area (Å²) in [6.45, 7) is 1.73. The smallest absolute Gasteiger partial charge is 0.416 e. The minimum Gasteiger partial charge on any atom is -0.454 e. The van der Waals surface area contributed by atoms with Crippen molar-refractivity contribution >= 4 is 11.7 Å². The van der Waals surface area contributed by atoms with E-state index in [2.05, 4.69) is 10.6 Å². The highest BCUT2D eigenvalue weighted by molar-refractivity contribution is 5.90. The third-order valence-electron chi connectivity index (χ3n) is 3.69. The topological polar surface area (TPSA) is 59.6 Å². The van der Waals surface area contributed by atoms with E-state index in [4.69, 9.17) is 9.47 Å². The summed E-state index contributed by atoms with van der Waals surface area (Å²) in [5.41, 5.74) is 0.0866. The Morgan fingerprint density at radius 1 is 1.12 bits per heavy atom. The molecule has 0 bridgehead atoms. The number of benzene rings is 2. The highest BCUT2D eigenvalue weighted by Crippen LogP contribution is 2.34. The summed E-state index contributed by atoms with van der Waals surface area (Å²) in [4.78, 5) is 12.1. The van der Waals surface area contributed by atoms with Crippen LogP contribution in [0.1, 0.15) is 24.1 Å². The standard InChI is InChI=1S/C17H15F3N2O3/c1-10(11-3-2-4-12(7-11)17(18,19)20)21-16(23)22-13-5-6-14-15(8-13)25-9-24-14/h2-8,10H,9H2,1H3,(H2,21,22,23). The number of ether oxygens (including phenoxy) is 2. The largest absolute Gasteiger partial charge is 0.454 e. The lowest BCUT2D eigenvalue weighted by molar-refractivity contribution is -0.137. The van der Waals surface area contributed by atoms with Crippen LogP contribution in [0.25, 0.3) is 0 Å². The van der Waals surface area contributed by atoms with E-state index in [-0.39, 0.29) is 6.79 Å². The molecule has 0 fully saturated rings. The van der Waals surface area contributed by atoms with E-state index < -0.39 is 23.8 Å². The first kappa shape index (κ1) is 16.9. The van der Waals surface area contributed by atoms with Crippen LogP contribution in [-0.4, -0.2) is 12.8 Å². The minimum atomic E-state index is -4.43. The first-order valence-electron chi connectivity index (χ1n) is 7.47. The zero-order chi connectivity index (χ0) is 18.0. The van der Waals surface area contributed by atoms with Crippen molar-refractivity contribution in [3.05, 3.63) is 53.6 Å². The van der Waals surface area contributed by atoms with Gasteiger partial charge in [-0.25, -0.2) is 4.79 Å². The number of hydrogen-bond acceptors (Lipinski definition) is 3. The molecule has 1 atom stereocenters. The molecule has 5 nitrogen and oxygen atoms in total. The molecule has 0 saturated carbocycles. The molecule has 0 aromatic heterocycles. The zero-order valence-corrected chi connectivity index (χ0v) is 13.2. The fourth-order valence-electron chi connectivity index (χ4n) is 2.41. The van der Waals surface area contributed by atoms with Crippen molar-refractivity contribution in [3.63, 3.8) is 0 Å². The van der Waals surface area contributed by atoms with Gasteiger partial charge in [0.1, 0.15) is 0 Å². The number of rotatable bonds is 3. The first-order chi connectivity index (χ1) is 11.8. The molecule has 0 saturated heterocycles. The number of hydrogen-bond donors (Lipinski definition) is 2. The molecule has 1 aliphatic heterocycles. The first-order valence-corrected chi connectivity index (χ1v) is 7.47. The number of alkyl halides is 3. The predicted molar refractivity (Wildman–Crippen MR) is 84.6 cm³/mol. The Morgan fingerprint density at radius 2 is 1.88 bits per heavy atom. The lowest BCUT2D eigenvalue weighted by Crippen LogP contribution is -2.31. The van der Waals surface area contributed by atoms with Crippen molar-refractivity contribution in [2.45, 2.75) is 19.1 Å². The number of amides is 2. The molecule has 25 heavy (non-hydrogen) atoms. The molecule has 8 heteroatoms. The van der Waals surface area contributed by atoms with E-state index in [0.29, 0.717) is 22.7 Å². The van der Waals surface area contributed by atoms with Gasteiger partial charge in [-0.1, -0.05) is 12.1 Å². The number of carbonyl (C=O) groups is 1. The van der Waals surface area contributed by atoms with Gasteiger partial charge in [0.2, 0.25) is 6.79 Å². The SMILES string of the molecule is CC(NC(=O)Nc1ccc2c(c1)OCO2)c1cccc(C(F)(F)F)c1. The summed E-state index contributed by atoms with van der Waals surface area (Å²) < 4.78 is 48.7. The van der Waals surface area contributed by atoms with E-state index in [1.165, 1.54) is 12.1 Å². The highest BCUT2D eigenvalue weighted by atomic mass is 19.4. The average molecular weight is 352 g/mol. The van der Waals surface area contributed by atoms with E-state index in [1.54, 1.807) is 25.1 Å². The number of halogens is 3. The van der Waals surface area contributed by atoms with Crippen LogP contribution in [0.4, 0.5) is 23.7 Å². The maximum Gasteiger partial charge on any atom is 0.416 e. The van der Waals surface area contributed by atoms with Gasteiger partial charge in [0.25, 0.3) is 0 Å². The normalized spacial score (nSPS) is 14.1. The number of nitrogens with one attached hydrogen (secondary N) is 2. The molecule has 2 N–H and O–H groups in total. The van der Waals surface area contributed by atoms with Crippen LogP contribution in [0.2, 0.25) is 0 Å². The summed E-state index contributed by atoms with van der Waals surface area (Å²) >= 11 is 0. The molecular weight excluding hydrogens is 337 g/mol. The monoisotopic (exact) mass is 352 g/mol. The van der Waals surface area contributed by atoms with Gasteiger partial charge < -0.3 is 20.1 Å². The van der Waals surface area contributed by atoms with Gasteiger partial charge in [-0.2, -0.15) is 13.2 Å². The van der Waals surface area contributed by atoms with Crippen LogP contribution in [0.5, 0.6) is 11.5 Å². The second-order valence-corrected chi connectivity index (χ2v) is 5.51. The van der Waals surface area contributed by atoms with Gasteiger partial charge in [-0.05, 0) is 36.8 Å². The number of fused-ring (bicyclic) bond motifs is 1. The minimum absolute atomic E-state index is 0.123. The van der Waals surface area contributed by atoms with Crippen molar-refractivity contribution < 1.29 is 27.4 Å². The van der Waals surface area contributed by atoms with Crippen LogP contribution < -0.4 is 20.1 Å². The molecule has 1 heterocycles. The number of urea groups is 1. The van der Waals surface area contributed by atoms with Crippen LogP contribution in [0, 0.1) is 0 Å². The average Bonchev–Trinajstić information content (AvgIpc) is 3.01. The Morgan fingerprint density at radius 3 is 2.64 bits per heavy atom. The third kappa shape index (κ3) is 3.96. The van der Waals surface area contributed by atoms with Gasteiger partial charge in [0.15, 0.2) is 11.5 Å². The molecule has 132 valence electrons. The van der Waals surface area contributed by atoms with Crippen LogP contribution >= 0.6 is 0 Å². The van der Waals surface area contributed by atoms with Gasteiger partial charge in [-0.15, -0.1) is 0 Å². The van der Waals surface area contributed by atoms with Crippen LogP contribution in [-0.2, 0) is 6.18 Å². The van der Waals surface area contributed by atoms with Crippen molar-refractivity contribution in [1.29, 1.82) is 0 Å². The van der Waals surface area contributed by atoms with E-state index in [9.17, 15) is 18.0 Å². The summed E-state index contributed by atoms with van der Waals surface area (Å²) in [7, 11) is 0. The molecule has 0 aliphatic carbocycles. The predicted octanol–water partition coefficient (Wildman–Crippen LogP) is 4.32. The molecule has 0 spiro atoms. The Hall–Kier alpha value is -2.90. The van der Waals surface area contributed by atoms with Crippen molar-refractivity contribution in [1.82, 2.24) is 5.32 Å². The maximum absolute atomic E-state index is 12.8. The Kier molecular flexibility index (Phi) is 4.43. The summed E-state index contributed by atoms with van der Waals surface area (Å²) in [5, 5.41) is 5.21. The molecule has 0 radical (unpaired) electrons. The summed E-state index contributed by atoms with van der Waals surface area (Å²) in [5.74, 6) is 1.10. The van der Waals surface area contributed by atoms with Crippen molar-refractivity contribution in [2.75, 3.05) is 12.1 Å². The lowest BCUT2D eigenvalue weighted by Gasteiger charge is -2.17. The van der Waals surface area contributed by atoms with E-state index >= 15 is 0 Å². The molecule has 2 aromatic carbocycles. The lowest BCUT2D eigenvalue weighted by atomic mass is 10.1. The summed E-state index contributed by atoms with van der Waals surface area (Å²) in [6.07, 6.45) is -4.43. The molecule has 2 aromatic rings. The Labute approximate surface area is 141 Å². The zero-order valence-electron chi connectivity index (χ0n) is 13.2. The van der Waals surface area contributed by atoms with E-state index in [0.717, 1.165) is 12.1 Å². The van der Waals surface area contributed by atoms with Gasteiger partial charge in [0, 0.05) is 11.8 Å². The van der Waals surface area contributed by atoms with Gasteiger partial charge >= 0.3 is 12.2 Å². The second-order valence-electron chi connectivity index (χ2n) is 5.51. The highest BCUT2D eigenvalue weighted by Gasteiger charge is 2.30. The molecule has 2 amide bonds.